The van der Waals surface area contributed by atoms with E-state index in [1.807, 2.05) is 0 Å². The molecular weight excluding hydrogens is 289 g/mol. The maximum Gasteiger partial charge on any atom is 0.323 e. The van der Waals surface area contributed by atoms with E-state index in [-0.39, 0.29) is 30.0 Å². The van der Waals surface area contributed by atoms with Crippen LogP contribution >= 0.6 is 11.6 Å². The SMILES string of the molecule is O=C(O)CN(C(=O)COc1ccc(F)c(Cl)c1)C1CC1. The van der Waals surface area contributed by atoms with Crippen molar-refractivity contribution < 1.29 is 23.8 Å². The van der Waals surface area contributed by atoms with Gasteiger partial charge in [0, 0.05) is 12.1 Å². The van der Waals surface area contributed by atoms with Crippen LogP contribution in [0.1, 0.15) is 12.8 Å². The largest absolute Gasteiger partial charge is 0.484 e. The summed E-state index contributed by atoms with van der Waals surface area (Å²) in [5, 5.41) is 8.67. The Labute approximate surface area is 119 Å². The molecular formula is C13H13ClFNO4. The van der Waals surface area contributed by atoms with E-state index in [0.717, 1.165) is 18.9 Å². The minimum absolute atomic E-state index is 0.0148. The Morgan fingerprint density at radius 2 is 2.15 bits per heavy atom. The van der Waals surface area contributed by atoms with Crippen LogP contribution in [-0.4, -0.2) is 41.1 Å². The molecule has 1 aromatic rings. The Kier molecular flexibility index (Phi) is 4.44. The Bertz CT molecular complexity index is 533. The van der Waals surface area contributed by atoms with Gasteiger partial charge in [0.1, 0.15) is 18.1 Å². The molecule has 20 heavy (non-hydrogen) atoms. The van der Waals surface area contributed by atoms with Gasteiger partial charge in [-0.15, -0.1) is 0 Å². The molecule has 1 aliphatic carbocycles. The number of aliphatic carboxylic acids is 1. The number of carboxylic acids is 1. The normalized spacial score (nSPS) is 13.9. The van der Waals surface area contributed by atoms with Crippen molar-refractivity contribution in [1.82, 2.24) is 4.90 Å². The lowest BCUT2D eigenvalue weighted by Gasteiger charge is -2.20. The number of hydrogen-bond donors (Lipinski definition) is 1. The van der Waals surface area contributed by atoms with Crippen molar-refractivity contribution in [3.8, 4) is 5.75 Å². The van der Waals surface area contributed by atoms with Crippen LogP contribution in [0.15, 0.2) is 18.2 Å². The zero-order chi connectivity index (χ0) is 14.7. The number of carbonyl (C=O) groups is 2. The zero-order valence-electron chi connectivity index (χ0n) is 10.5. The summed E-state index contributed by atoms with van der Waals surface area (Å²) in [6.07, 6.45) is 1.61. The molecule has 1 N–H and O–H groups in total. The lowest BCUT2D eigenvalue weighted by molar-refractivity contribution is -0.145. The third-order valence-electron chi connectivity index (χ3n) is 2.87. The monoisotopic (exact) mass is 301 g/mol. The number of nitrogens with zero attached hydrogens (tertiary/aromatic N) is 1. The van der Waals surface area contributed by atoms with Gasteiger partial charge in [-0.3, -0.25) is 9.59 Å². The molecule has 0 aliphatic heterocycles. The van der Waals surface area contributed by atoms with Gasteiger partial charge in [0.05, 0.1) is 5.02 Å². The fourth-order valence-electron chi connectivity index (χ4n) is 1.75. The van der Waals surface area contributed by atoms with Gasteiger partial charge in [0.15, 0.2) is 6.61 Å². The Morgan fingerprint density at radius 1 is 1.45 bits per heavy atom. The molecule has 1 aromatic carbocycles. The molecule has 2 rings (SSSR count). The van der Waals surface area contributed by atoms with Crippen LogP contribution in [0.2, 0.25) is 5.02 Å². The molecule has 0 spiro atoms. The number of halogens is 2. The van der Waals surface area contributed by atoms with Gasteiger partial charge in [-0.25, -0.2) is 4.39 Å². The number of rotatable bonds is 6. The highest BCUT2D eigenvalue weighted by Gasteiger charge is 2.33. The quantitative estimate of drug-likeness (QED) is 0.872. The predicted molar refractivity (Wildman–Crippen MR) is 69.3 cm³/mol. The molecule has 0 unspecified atom stereocenters. The maximum absolute atomic E-state index is 13.0. The molecule has 1 amide bonds. The highest BCUT2D eigenvalue weighted by Crippen LogP contribution is 2.27. The van der Waals surface area contributed by atoms with Gasteiger partial charge < -0.3 is 14.7 Å². The van der Waals surface area contributed by atoms with E-state index in [1.54, 1.807) is 0 Å². The van der Waals surface area contributed by atoms with E-state index in [9.17, 15) is 14.0 Å². The average molecular weight is 302 g/mol. The van der Waals surface area contributed by atoms with Gasteiger partial charge in [0.25, 0.3) is 5.91 Å². The minimum atomic E-state index is -1.06. The molecule has 7 heteroatoms. The summed E-state index contributed by atoms with van der Waals surface area (Å²) >= 11 is 5.59. The van der Waals surface area contributed by atoms with Crippen molar-refractivity contribution in [2.45, 2.75) is 18.9 Å². The first-order valence-electron chi connectivity index (χ1n) is 6.06. The van der Waals surface area contributed by atoms with Crippen molar-refractivity contribution >= 4 is 23.5 Å². The molecule has 0 bridgehead atoms. The third kappa shape index (κ3) is 3.84. The zero-order valence-corrected chi connectivity index (χ0v) is 11.3. The van der Waals surface area contributed by atoms with E-state index in [1.165, 1.54) is 17.0 Å². The predicted octanol–water partition coefficient (Wildman–Crippen LogP) is 1.93. The number of carbonyl (C=O) groups excluding carboxylic acids is 1. The van der Waals surface area contributed by atoms with Crippen LogP contribution in [0.3, 0.4) is 0 Å². The number of amides is 1. The van der Waals surface area contributed by atoms with E-state index >= 15 is 0 Å². The first-order valence-corrected chi connectivity index (χ1v) is 6.44. The average Bonchev–Trinajstić information content (AvgIpc) is 3.21. The lowest BCUT2D eigenvalue weighted by Crippen LogP contribution is -2.40. The van der Waals surface area contributed by atoms with Crippen molar-refractivity contribution in [3.05, 3.63) is 29.0 Å². The Hall–Kier alpha value is -1.82. The second kappa shape index (κ2) is 6.09. The smallest absolute Gasteiger partial charge is 0.323 e. The number of hydrogen-bond acceptors (Lipinski definition) is 3. The molecule has 1 fully saturated rings. The van der Waals surface area contributed by atoms with Crippen LogP contribution in [0, 0.1) is 5.82 Å². The standard InChI is InChI=1S/C13H13ClFNO4/c14-10-5-9(3-4-11(10)15)20-7-12(17)16(6-13(18)19)8-1-2-8/h3-5,8H,1-2,6-7H2,(H,18,19). The number of ether oxygens (including phenoxy) is 1. The summed E-state index contributed by atoms with van der Waals surface area (Å²) in [7, 11) is 0. The second-order valence-corrected chi connectivity index (χ2v) is 4.92. The summed E-state index contributed by atoms with van der Waals surface area (Å²) in [6.45, 7) is -0.636. The van der Waals surface area contributed by atoms with Crippen LogP contribution in [0.4, 0.5) is 4.39 Å². The van der Waals surface area contributed by atoms with Crippen LogP contribution in [-0.2, 0) is 9.59 Å². The topological polar surface area (TPSA) is 66.8 Å². The summed E-state index contributed by atoms with van der Waals surface area (Å²) in [5.41, 5.74) is 0. The van der Waals surface area contributed by atoms with E-state index in [4.69, 9.17) is 21.4 Å². The first kappa shape index (κ1) is 14.6. The summed E-state index contributed by atoms with van der Waals surface area (Å²) in [4.78, 5) is 23.9. The second-order valence-electron chi connectivity index (χ2n) is 4.51. The summed E-state index contributed by atoms with van der Waals surface area (Å²) < 4.78 is 18.2. The molecule has 1 saturated carbocycles. The Morgan fingerprint density at radius 3 is 2.70 bits per heavy atom. The fraction of sp³-hybridized carbons (Fsp3) is 0.385. The Balaban J connectivity index is 1.92. The summed E-state index contributed by atoms with van der Waals surface area (Å²) in [6, 6.07) is 3.74. The van der Waals surface area contributed by atoms with Gasteiger partial charge in [-0.2, -0.15) is 0 Å². The molecule has 0 radical (unpaired) electrons. The third-order valence-corrected chi connectivity index (χ3v) is 3.16. The van der Waals surface area contributed by atoms with E-state index < -0.39 is 17.7 Å². The molecule has 108 valence electrons. The molecule has 5 nitrogen and oxygen atoms in total. The van der Waals surface area contributed by atoms with Crippen LogP contribution < -0.4 is 4.74 Å². The van der Waals surface area contributed by atoms with Crippen LogP contribution in [0.5, 0.6) is 5.75 Å². The molecule has 0 heterocycles. The van der Waals surface area contributed by atoms with Gasteiger partial charge >= 0.3 is 5.97 Å². The van der Waals surface area contributed by atoms with Crippen molar-refractivity contribution in [2.75, 3.05) is 13.2 Å². The van der Waals surface area contributed by atoms with Gasteiger partial charge in [-0.05, 0) is 25.0 Å². The van der Waals surface area contributed by atoms with Crippen LogP contribution in [0.25, 0.3) is 0 Å². The maximum atomic E-state index is 13.0. The van der Waals surface area contributed by atoms with Crippen molar-refractivity contribution in [2.24, 2.45) is 0 Å². The van der Waals surface area contributed by atoms with Gasteiger partial charge in [-0.1, -0.05) is 11.6 Å². The van der Waals surface area contributed by atoms with E-state index in [2.05, 4.69) is 0 Å². The molecule has 0 saturated heterocycles. The highest BCUT2D eigenvalue weighted by molar-refractivity contribution is 6.30. The van der Waals surface area contributed by atoms with E-state index in [0.29, 0.717) is 0 Å². The highest BCUT2D eigenvalue weighted by atomic mass is 35.5. The summed E-state index contributed by atoms with van der Waals surface area (Å²) in [5.74, 6) is -1.78. The molecule has 0 aromatic heterocycles. The van der Waals surface area contributed by atoms with Gasteiger partial charge in [0.2, 0.25) is 0 Å². The number of benzene rings is 1. The molecule has 1 aliphatic rings. The minimum Gasteiger partial charge on any atom is -0.484 e. The fourth-order valence-corrected chi connectivity index (χ4v) is 1.92. The first-order chi connectivity index (χ1) is 9.47. The lowest BCUT2D eigenvalue weighted by atomic mass is 10.3. The molecule has 0 atom stereocenters. The van der Waals surface area contributed by atoms with Crippen molar-refractivity contribution in [1.29, 1.82) is 0 Å². The number of carboxylic acid groups (broad SMARTS) is 1. The van der Waals surface area contributed by atoms with Crippen molar-refractivity contribution in [3.63, 3.8) is 0 Å².